The predicted molar refractivity (Wildman–Crippen MR) is 54.1 cm³/mol. The van der Waals surface area contributed by atoms with Crippen LogP contribution in [-0.4, -0.2) is 38.0 Å². The molecule has 0 aliphatic heterocycles. The average Bonchev–Trinajstić information content (AvgIpc) is 2.50. The molecule has 0 radical (unpaired) electrons. The van der Waals surface area contributed by atoms with Gasteiger partial charge in [0.1, 0.15) is 11.6 Å². The second kappa shape index (κ2) is 4.03. The molecule has 1 rings (SSSR count). The van der Waals surface area contributed by atoms with E-state index in [-0.39, 0.29) is 0 Å². The Morgan fingerprint density at radius 3 is 2.23 bits per heavy atom. The largest absolute Gasteiger partial charge is 0.465 e. The summed E-state index contributed by atoms with van der Waals surface area (Å²) < 4.78 is 5.23. The molecule has 0 bridgehead atoms. The standard InChI is InChI=1S/C10H16N2O/c1-11(2)10(12(3)4)8-9-6-5-7-13-9/h5-8H,1-4H3. The van der Waals surface area contributed by atoms with E-state index in [9.17, 15) is 0 Å². The highest BCUT2D eigenvalue weighted by molar-refractivity contribution is 5.45. The molecule has 0 aliphatic rings. The van der Waals surface area contributed by atoms with Gasteiger partial charge in [-0.05, 0) is 12.1 Å². The van der Waals surface area contributed by atoms with Crippen molar-refractivity contribution in [3.63, 3.8) is 0 Å². The Hall–Kier alpha value is -1.38. The first-order valence-electron chi connectivity index (χ1n) is 4.21. The molecular weight excluding hydrogens is 164 g/mol. The summed E-state index contributed by atoms with van der Waals surface area (Å²) in [7, 11) is 8.03. The molecule has 0 aliphatic carbocycles. The van der Waals surface area contributed by atoms with Crippen LogP contribution in [0.1, 0.15) is 5.76 Å². The minimum atomic E-state index is 0.873. The fraction of sp³-hybridized carbons (Fsp3) is 0.400. The molecule has 0 saturated heterocycles. The molecule has 0 N–H and O–H groups in total. The predicted octanol–water partition coefficient (Wildman–Crippen LogP) is 1.70. The molecule has 3 heteroatoms. The minimum Gasteiger partial charge on any atom is -0.465 e. The Bertz CT molecular complexity index is 263. The minimum absolute atomic E-state index is 0.873. The summed E-state index contributed by atoms with van der Waals surface area (Å²) in [6.45, 7) is 0. The van der Waals surface area contributed by atoms with E-state index in [0.29, 0.717) is 0 Å². The molecule has 0 amide bonds. The number of hydrogen-bond acceptors (Lipinski definition) is 3. The van der Waals surface area contributed by atoms with Crippen LogP contribution in [0.4, 0.5) is 0 Å². The van der Waals surface area contributed by atoms with E-state index in [0.717, 1.165) is 11.6 Å². The van der Waals surface area contributed by atoms with Gasteiger partial charge in [0, 0.05) is 34.3 Å². The second-order valence-electron chi connectivity index (χ2n) is 3.31. The maximum absolute atomic E-state index is 5.23. The van der Waals surface area contributed by atoms with E-state index in [4.69, 9.17) is 4.42 Å². The fourth-order valence-corrected chi connectivity index (χ4v) is 1.16. The zero-order valence-corrected chi connectivity index (χ0v) is 8.61. The van der Waals surface area contributed by atoms with Crippen LogP contribution in [0.5, 0.6) is 0 Å². The van der Waals surface area contributed by atoms with Crippen molar-refractivity contribution in [3.8, 4) is 0 Å². The van der Waals surface area contributed by atoms with E-state index in [1.54, 1.807) is 6.26 Å². The van der Waals surface area contributed by atoms with Gasteiger partial charge in [0.15, 0.2) is 0 Å². The quantitative estimate of drug-likeness (QED) is 0.706. The van der Waals surface area contributed by atoms with Gasteiger partial charge in [-0.1, -0.05) is 0 Å². The lowest BCUT2D eigenvalue weighted by atomic mass is 10.4. The molecule has 0 unspecified atom stereocenters. The SMILES string of the molecule is CN(C)C(=Cc1ccco1)N(C)C. The van der Waals surface area contributed by atoms with Crippen molar-refractivity contribution in [2.45, 2.75) is 0 Å². The summed E-state index contributed by atoms with van der Waals surface area (Å²) in [5.74, 6) is 1.98. The normalized spacial score (nSPS) is 9.54. The molecule has 72 valence electrons. The van der Waals surface area contributed by atoms with E-state index in [1.807, 2.05) is 56.2 Å². The number of furan rings is 1. The van der Waals surface area contributed by atoms with Crippen molar-refractivity contribution in [1.82, 2.24) is 9.80 Å². The molecule has 1 aromatic heterocycles. The van der Waals surface area contributed by atoms with Crippen molar-refractivity contribution in [3.05, 3.63) is 30.0 Å². The maximum Gasteiger partial charge on any atom is 0.130 e. The first kappa shape index (κ1) is 9.71. The Labute approximate surface area is 79.2 Å². The van der Waals surface area contributed by atoms with E-state index in [2.05, 4.69) is 0 Å². The smallest absolute Gasteiger partial charge is 0.130 e. The molecule has 0 spiro atoms. The third-order valence-electron chi connectivity index (χ3n) is 1.73. The van der Waals surface area contributed by atoms with E-state index < -0.39 is 0 Å². The van der Waals surface area contributed by atoms with Crippen LogP contribution >= 0.6 is 0 Å². The summed E-state index contributed by atoms with van der Waals surface area (Å²) in [6, 6.07) is 3.82. The molecule has 1 heterocycles. The van der Waals surface area contributed by atoms with Crippen LogP contribution in [0, 0.1) is 0 Å². The van der Waals surface area contributed by atoms with E-state index in [1.165, 1.54) is 0 Å². The molecule has 0 atom stereocenters. The number of rotatable bonds is 3. The maximum atomic E-state index is 5.23. The van der Waals surface area contributed by atoms with Crippen LogP contribution in [-0.2, 0) is 0 Å². The monoisotopic (exact) mass is 180 g/mol. The van der Waals surface area contributed by atoms with Crippen molar-refractivity contribution in [2.24, 2.45) is 0 Å². The Morgan fingerprint density at radius 2 is 1.85 bits per heavy atom. The number of nitrogens with zero attached hydrogens (tertiary/aromatic N) is 2. The highest BCUT2D eigenvalue weighted by Crippen LogP contribution is 2.10. The van der Waals surface area contributed by atoms with Crippen LogP contribution in [0.15, 0.2) is 28.6 Å². The van der Waals surface area contributed by atoms with Crippen LogP contribution in [0.3, 0.4) is 0 Å². The Kier molecular flexibility index (Phi) is 3.01. The Balaban J connectivity index is 2.87. The average molecular weight is 180 g/mol. The van der Waals surface area contributed by atoms with Gasteiger partial charge in [0.05, 0.1) is 6.26 Å². The summed E-state index contributed by atoms with van der Waals surface area (Å²) in [6.07, 6.45) is 3.68. The summed E-state index contributed by atoms with van der Waals surface area (Å²) in [4.78, 5) is 4.09. The fourth-order valence-electron chi connectivity index (χ4n) is 1.16. The van der Waals surface area contributed by atoms with Crippen LogP contribution in [0.2, 0.25) is 0 Å². The third kappa shape index (κ3) is 2.54. The Morgan fingerprint density at radius 1 is 1.23 bits per heavy atom. The third-order valence-corrected chi connectivity index (χ3v) is 1.73. The van der Waals surface area contributed by atoms with Crippen LogP contribution in [0.25, 0.3) is 6.08 Å². The second-order valence-corrected chi connectivity index (χ2v) is 3.31. The van der Waals surface area contributed by atoms with Crippen molar-refractivity contribution in [2.75, 3.05) is 28.2 Å². The topological polar surface area (TPSA) is 19.6 Å². The van der Waals surface area contributed by atoms with Crippen LogP contribution < -0.4 is 0 Å². The highest BCUT2D eigenvalue weighted by Gasteiger charge is 2.02. The van der Waals surface area contributed by atoms with Gasteiger partial charge in [-0.15, -0.1) is 0 Å². The molecule has 0 aromatic carbocycles. The molecule has 0 fully saturated rings. The van der Waals surface area contributed by atoms with Gasteiger partial charge in [0.25, 0.3) is 0 Å². The summed E-state index contributed by atoms with van der Waals surface area (Å²) in [5.41, 5.74) is 0. The summed E-state index contributed by atoms with van der Waals surface area (Å²) >= 11 is 0. The lowest BCUT2D eigenvalue weighted by molar-refractivity contribution is 0.347. The number of hydrogen-bond donors (Lipinski definition) is 0. The molecule has 3 nitrogen and oxygen atoms in total. The van der Waals surface area contributed by atoms with Gasteiger partial charge in [-0.25, -0.2) is 0 Å². The van der Waals surface area contributed by atoms with Gasteiger partial charge < -0.3 is 14.2 Å². The zero-order chi connectivity index (χ0) is 9.84. The molecular formula is C10H16N2O. The van der Waals surface area contributed by atoms with Gasteiger partial charge in [-0.2, -0.15) is 0 Å². The molecule has 1 aromatic rings. The van der Waals surface area contributed by atoms with Crippen molar-refractivity contribution >= 4 is 6.08 Å². The zero-order valence-electron chi connectivity index (χ0n) is 8.61. The lowest BCUT2D eigenvalue weighted by Crippen LogP contribution is -2.24. The van der Waals surface area contributed by atoms with Crippen molar-refractivity contribution < 1.29 is 4.42 Å². The first-order chi connectivity index (χ1) is 6.11. The van der Waals surface area contributed by atoms with Gasteiger partial charge >= 0.3 is 0 Å². The molecule has 13 heavy (non-hydrogen) atoms. The van der Waals surface area contributed by atoms with Gasteiger partial charge in [0.2, 0.25) is 0 Å². The molecule has 0 saturated carbocycles. The van der Waals surface area contributed by atoms with Crippen molar-refractivity contribution in [1.29, 1.82) is 0 Å². The lowest BCUT2D eigenvalue weighted by Gasteiger charge is -2.24. The first-order valence-corrected chi connectivity index (χ1v) is 4.21. The highest BCUT2D eigenvalue weighted by atomic mass is 16.3. The summed E-state index contributed by atoms with van der Waals surface area (Å²) in [5, 5.41) is 0. The van der Waals surface area contributed by atoms with E-state index >= 15 is 0 Å². The van der Waals surface area contributed by atoms with Gasteiger partial charge in [-0.3, -0.25) is 0 Å².